The second kappa shape index (κ2) is 7.05. The van der Waals surface area contributed by atoms with E-state index in [2.05, 4.69) is 17.4 Å². The Morgan fingerprint density at radius 3 is 2.95 bits per heavy atom. The molecular formula is C17H24N2O2. The fraction of sp³-hybridized carbons (Fsp3) is 0.588. The summed E-state index contributed by atoms with van der Waals surface area (Å²) in [5.74, 6) is 0.265. The monoisotopic (exact) mass is 288 g/mol. The number of carbonyl (C=O) groups excluding carboxylic acids is 1. The van der Waals surface area contributed by atoms with E-state index < -0.39 is 0 Å². The first-order chi connectivity index (χ1) is 10.3. The van der Waals surface area contributed by atoms with Crippen LogP contribution in [0.25, 0.3) is 0 Å². The smallest absolute Gasteiger partial charge is 0.223 e. The molecule has 0 spiro atoms. The van der Waals surface area contributed by atoms with Gasteiger partial charge in [-0.15, -0.1) is 0 Å². The van der Waals surface area contributed by atoms with Gasteiger partial charge in [0.05, 0.1) is 12.1 Å². The van der Waals surface area contributed by atoms with Gasteiger partial charge in [-0.1, -0.05) is 30.3 Å². The number of ether oxygens (including phenoxy) is 1. The van der Waals surface area contributed by atoms with E-state index >= 15 is 0 Å². The molecule has 0 saturated carbocycles. The maximum atomic E-state index is 12.6. The number of carbonyl (C=O) groups is 1. The molecule has 1 N–H and O–H groups in total. The highest BCUT2D eigenvalue weighted by Crippen LogP contribution is 2.24. The maximum absolute atomic E-state index is 12.6. The standard InChI is InChI=1S/C17H24N2O2/c20-17(9-8-15-7-4-12-21-15)19-11-10-18-13-16(19)14-5-2-1-3-6-14/h1-3,5-6,15-16,18H,4,7-13H2/t15-,16?/m1/s1. The molecule has 0 radical (unpaired) electrons. The van der Waals surface area contributed by atoms with Crippen LogP contribution in [0.15, 0.2) is 30.3 Å². The summed E-state index contributed by atoms with van der Waals surface area (Å²) in [6.45, 7) is 3.38. The minimum Gasteiger partial charge on any atom is -0.378 e. The highest BCUT2D eigenvalue weighted by atomic mass is 16.5. The fourth-order valence-electron chi connectivity index (χ4n) is 3.28. The Morgan fingerprint density at radius 2 is 2.19 bits per heavy atom. The largest absolute Gasteiger partial charge is 0.378 e. The summed E-state index contributed by atoms with van der Waals surface area (Å²) in [5, 5.41) is 3.40. The third kappa shape index (κ3) is 3.63. The molecule has 4 heteroatoms. The van der Waals surface area contributed by atoms with Gasteiger partial charge < -0.3 is 15.0 Å². The van der Waals surface area contributed by atoms with Gasteiger partial charge in [0.15, 0.2) is 0 Å². The molecule has 2 aliphatic rings. The molecule has 2 saturated heterocycles. The van der Waals surface area contributed by atoms with Crippen molar-refractivity contribution in [3.05, 3.63) is 35.9 Å². The van der Waals surface area contributed by atoms with E-state index in [0.717, 1.165) is 45.5 Å². The van der Waals surface area contributed by atoms with E-state index in [-0.39, 0.29) is 11.9 Å². The minimum atomic E-state index is 0.164. The van der Waals surface area contributed by atoms with Crippen LogP contribution in [0.1, 0.15) is 37.3 Å². The summed E-state index contributed by atoms with van der Waals surface area (Å²) < 4.78 is 5.62. The number of amides is 1. The van der Waals surface area contributed by atoms with Crippen molar-refractivity contribution in [2.75, 3.05) is 26.2 Å². The van der Waals surface area contributed by atoms with Crippen LogP contribution in [0.4, 0.5) is 0 Å². The first-order valence-electron chi connectivity index (χ1n) is 8.01. The van der Waals surface area contributed by atoms with Gasteiger partial charge in [0, 0.05) is 32.7 Å². The lowest BCUT2D eigenvalue weighted by atomic mass is 10.0. The van der Waals surface area contributed by atoms with Crippen molar-refractivity contribution >= 4 is 5.91 Å². The molecule has 1 unspecified atom stereocenters. The number of piperazine rings is 1. The van der Waals surface area contributed by atoms with Crippen LogP contribution in [0.2, 0.25) is 0 Å². The van der Waals surface area contributed by atoms with Crippen LogP contribution in [0.5, 0.6) is 0 Å². The Hall–Kier alpha value is -1.39. The van der Waals surface area contributed by atoms with Gasteiger partial charge in [-0.25, -0.2) is 0 Å². The quantitative estimate of drug-likeness (QED) is 0.922. The van der Waals surface area contributed by atoms with Crippen LogP contribution in [0.3, 0.4) is 0 Å². The Labute approximate surface area is 126 Å². The van der Waals surface area contributed by atoms with Gasteiger partial charge in [0.1, 0.15) is 0 Å². The molecule has 2 fully saturated rings. The van der Waals surface area contributed by atoms with Gasteiger partial charge >= 0.3 is 0 Å². The third-order valence-corrected chi connectivity index (χ3v) is 4.45. The Morgan fingerprint density at radius 1 is 1.33 bits per heavy atom. The lowest BCUT2D eigenvalue weighted by Crippen LogP contribution is -2.48. The number of hydrogen-bond donors (Lipinski definition) is 1. The number of nitrogens with zero attached hydrogens (tertiary/aromatic N) is 1. The number of rotatable bonds is 4. The van der Waals surface area contributed by atoms with Gasteiger partial charge in [-0.05, 0) is 24.8 Å². The lowest BCUT2D eigenvalue weighted by molar-refractivity contribution is -0.135. The molecule has 3 rings (SSSR count). The Balaban J connectivity index is 1.61. The van der Waals surface area contributed by atoms with E-state index in [1.807, 2.05) is 23.1 Å². The van der Waals surface area contributed by atoms with Crippen LogP contribution in [0, 0.1) is 0 Å². The first kappa shape index (κ1) is 14.5. The molecule has 0 bridgehead atoms. The zero-order chi connectivity index (χ0) is 14.5. The summed E-state index contributed by atoms with van der Waals surface area (Å²) in [5.41, 5.74) is 1.22. The van der Waals surface area contributed by atoms with E-state index in [9.17, 15) is 4.79 Å². The Kier molecular flexibility index (Phi) is 4.88. The topological polar surface area (TPSA) is 41.6 Å². The number of benzene rings is 1. The van der Waals surface area contributed by atoms with Crippen molar-refractivity contribution in [1.29, 1.82) is 0 Å². The minimum absolute atomic E-state index is 0.164. The summed E-state index contributed by atoms with van der Waals surface area (Å²) in [4.78, 5) is 14.6. The van der Waals surface area contributed by atoms with Crippen molar-refractivity contribution in [2.45, 2.75) is 37.8 Å². The SMILES string of the molecule is O=C(CC[C@H]1CCCO1)N1CCNCC1c1ccccc1. The number of nitrogens with one attached hydrogen (secondary N) is 1. The van der Waals surface area contributed by atoms with Crippen LogP contribution >= 0.6 is 0 Å². The zero-order valence-corrected chi connectivity index (χ0v) is 12.5. The van der Waals surface area contributed by atoms with Gasteiger partial charge in [0.2, 0.25) is 5.91 Å². The Bertz CT molecular complexity index is 457. The average Bonchev–Trinajstić information content (AvgIpc) is 3.07. The summed E-state index contributed by atoms with van der Waals surface area (Å²) in [7, 11) is 0. The molecule has 2 atom stereocenters. The molecule has 0 aromatic heterocycles. The van der Waals surface area contributed by atoms with Crippen LogP contribution in [-0.4, -0.2) is 43.2 Å². The highest BCUT2D eigenvalue weighted by Gasteiger charge is 2.28. The first-order valence-corrected chi connectivity index (χ1v) is 8.01. The van der Waals surface area contributed by atoms with Crippen molar-refractivity contribution in [2.24, 2.45) is 0 Å². The van der Waals surface area contributed by atoms with Crippen LogP contribution in [-0.2, 0) is 9.53 Å². The van der Waals surface area contributed by atoms with Crippen molar-refractivity contribution in [1.82, 2.24) is 10.2 Å². The number of hydrogen-bond acceptors (Lipinski definition) is 3. The molecule has 21 heavy (non-hydrogen) atoms. The molecule has 4 nitrogen and oxygen atoms in total. The second-order valence-corrected chi connectivity index (χ2v) is 5.89. The predicted octanol–water partition coefficient (Wildman–Crippen LogP) is 2.12. The van der Waals surface area contributed by atoms with Gasteiger partial charge in [-0.3, -0.25) is 4.79 Å². The fourth-order valence-corrected chi connectivity index (χ4v) is 3.28. The van der Waals surface area contributed by atoms with Crippen molar-refractivity contribution in [3.8, 4) is 0 Å². The molecule has 0 aliphatic carbocycles. The molecule has 114 valence electrons. The summed E-state index contributed by atoms with van der Waals surface area (Å²) in [6, 6.07) is 10.5. The van der Waals surface area contributed by atoms with Gasteiger partial charge in [0.25, 0.3) is 0 Å². The van der Waals surface area contributed by atoms with Gasteiger partial charge in [-0.2, -0.15) is 0 Å². The molecule has 1 aromatic carbocycles. The third-order valence-electron chi connectivity index (χ3n) is 4.45. The van der Waals surface area contributed by atoms with E-state index in [0.29, 0.717) is 12.5 Å². The zero-order valence-electron chi connectivity index (χ0n) is 12.5. The van der Waals surface area contributed by atoms with Crippen LogP contribution < -0.4 is 5.32 Å². The molecule has 1 aromatic rings. The highest BCUT2D eigenvalue weighted by molar-refractivity contribution is 5.77. The summed E-state index contributed by atoms with van der Waals surface area (Å²) in [6.07, 6.45) is 4.01. The second-order valence-electron chi connectivity index (χ2n) is 5.89. The molecule has 1 amide bonds. The predicted molar refractivity (Wildman–Crippen MR) is 82.0 cm³/mol. The molecule has 2 heterocycles. The molecule has 2 aliphatic heterocycles. The van der Waals surface area contributed by atoms with E-state index in [1.54, 1.807) is 0 Å². The van der Waals surface area contributed by atoms with Crippen molar-refractivity contribution < 1.29 is 9.53 Å². The molecular weight excluding hydrogens is 264 g/mol. The average molecular weight is 288 g/mol. The van der Waals surface area contributed by atoms with E-state index in [4.69, 9.17) is 4.74 Å². The van der Waals surface area contributed by atoms with Crippen molar-refractivity contribution in [3.63, 3.8) is 0 Å². The lowest BCUT2D eigenvalue weighted by Gasteiger charge is -2.37. The normalized spacial score (nSPS) is 26.0. The van der Waals surface area contributed by atoms with E-state index in [1.165, 1.54) is 5.56 Å². The summed E-state index contributed by atoms with van der Waals surface area (Å²) >= 11 is 0. The maximum Gasteiger partial charge on any atom is 0.223 e.